The van der Waals surface area contributed by atoms with Gasteiger partial charge in [-0.3, -0.25) is 0 Å². The van der Waals surface area contributed by atoms with Crippen LogP contribution in [0.3, 0.4) is 0 Å². The molecule has 0 bridgehead atoms. The fraction of sp³-hybridized carbons (Fsp3) is 0.438. The number of benzene rings is 1. The standard InChI is InChI=1S/C16H22O2/c1-6-16(3,4)14-9-7-13(12(2)11-14)8-10-15(17)18-5/h7-11H,6H2,1-5H3/b10-8+. The molecule has 0 amide bonds. The van der Waals surface area contributed by atoms with E-state index >= 15 is 0 Å². The van der Waals surface area contributed by atoms with Gasteiger partial charge in [0.25, 0.3) is 0 Å². The lowest BCUT2D eigenvalue weighted by molar-refractivity contribution is -0.134. The first-order chi connectivity index (χ1) is 8.40. The first-order valence-corrected chi connectivity index (χ1v) is 6.28. The van der Waals surface area contributed by atoms with Crippen molar-refractivity contribution >= 4 is 12.0 Å². The molecular formula is C16H22O2. The Morgan fingerprint density at radius 2 is 2.06 bits per heavy atom. The van der Waals surface area contributed by atoms with E-state index < -0.39 is 0 Å². The molecule has 0 fully saturated rings. The molecule has 18 heavy (non-hydrogen) atoms. The van der Waals surface area contributed by atoms with Crippen molar-refractivity contribution in [3.63, 3.8) is 0 Å². The number of rotatable bonds is 4. The predicted octanol–water partition coefficient (Wildman–Crippen LogP) is 3.87. The molecule has 0 aromatic heterocycles. The Labute approximate surface area is 110 Å². The van der Waals surface area contributed by atoms with Gasteiger partial charge in [-0.15, -0.1) is 0 Å². The minimum atomic E-state index is -0.327. The monoisotopic (exact) mass is 246 g/mol. The second-order valence-electron chi connectivity index (χ2n) is 5.17. The van der Waals surface area contributed by atoms with Crippen molar-refractivity contribution in [3.8, 4) is 0 Å². The Morgan fingerprint density at radius 3 is 2.56 bits per heavy atom. The number of esters is 1. The van der Waals surface area contributed by atoms with Crippen molar-refractivity contribution in [2.24, 2.45) is 0 Å². The number of hydrogen-bond donors (Lipinski definition) is 0. The molecule has 1 aromatic rings. The zero-order valence-corrected chi connectivity index (χ0v) is 11.9. The number of hydrogen-bond acceptors (Lipinski definition) is 2. The van der Waals surface area contributed by atoms with Crippen LogP contribution < -0.4 is 0 Å². The molecule has 2 heteroatoms. The highest BCUT2D eigenvalue weighted by molar-refractivity contribution is 5.87. The third kappa shape index (κ3) is 3.46. The Balaban J connectivity index is 3.00. The lowest BCUT2D eigenvalue weighted by Crippen LogP contribution is -2.15. The smallest absolute Gasteiger partial charge is 0.330 e. The summed E-state index contributed by atoms with van der Waals surface area (Å²) < 4.78 is 4.58. The van der Waals surface area contributed by atoms with Crippen LogP contribution in [0.4, 0.5) is 0 Å². The zero-order valence-electron chi connectivity index (χ0n) is 11.9. The molecule has 0 aliphatic rings. The van der Waals surface area contributed by atoms with E-state index in [-0.39, 0.29) is 11.4 Å². The van der Waals surface area contributed by atoms with Crippen LogP contribution in [-0.2, 0) is 14.9 Å². The van der Waals surface area contributed by atoms with Crippen LogP contribution in [0.2, 0.25) is 0 Å². The van der Waals surface area contributed by atoms with Crippen LogP contribution in [0.5, 0.6) is 0 Å². The van der Waals surface area contributed by atoms with E-state index in [0.717, 1.165) is 12.0 Å². The van der Waals surface area contributed by atoms with Gasteiger partial charge in [-0.05, 0) is 41.5 Å². The van der Waals surface area contributed by atoms with Crippen LogP contribution in [0, 0.1) is 6.92 Å². The maximum absolute atomic E-state index is 11.1. The molecule has 0 N–H and O–H groups in total. The highest BCUT2D eigenvalue weighted by Gasteiger charge is 2.18. The predicted molar refractivity (Wildman–Crippen MR) is 75.5 cm³/mol. The van der Waals surface area contributed by atoms with Gasteiger partial charge in [0, 0.05) is 6.08 Å². The molecule has 0 spiro atoms. The number of aryl methyl sites for hydroxylation is 1. The van der Waals surface area contributed by atoms with E-state index in [9.17, 15) is 4.79 Å². The average Bonchev–Trinajstić information content (AvgIpc) is 2.36. The van der Waals surface area contributed by atoms with Crippen molar-refractivity contribution in [1.29, 1.82) is 0 Å². The Kier molecular flexibility index (Phi) is 4.71. The van der Waals surface area contributed by atoms with Gasteiger partial charge in [0.05, 0.1) is 7.11 Å². The van der Waals surface area contributed by atoms with Crippen LogP contribution >= 0.6 is 0 Å². The third-order valence-electron chi connectivity index (χ3n) is 3.54. The molecule has 1 rings (SSSR count). The lowest BCUT2D eigenvalue weighted by Gasteiger charge is -2.24. The normalized spacial score (nSPS) is 11.8. The van der Waals surface area contributed by atoms with Crippen molar-refractivity contribution in [1.82, 2.24) is 0 Å². The van der Waals surface area contributed by atoms with Crippen LogP contribution in [0.25, 0.3) is 6.08 Å². The molecule has 98 valence electrons. The summed E-state index contributed by atoms with van der Waals surface area (Å²) >= 11 is 0. The molecule has 0 atom stereocenters. The summed E-state index contributed by atoms with van der Waals surface area (Å²) in [7, 11) is 1.38. The SMILES string of the molecule is CCC(C)(C)c1ccc(/C=C/C(=O)OC)c(C)c1. The number of methoxy groups -OCH3 is 1. The summed E-state index contributed by atoms with van der Waals surface area (Å²) in [5, 5.41) is 0. The molecule has 0 unspecified atom stereocenters. The van der Waals surface area contributed by atoms with Gasteiger partial charge < -0.3 is 4.74 Å². The first kappa shape index (κ1) is 14.5. The summed E-state index contributed by atoms with van der Waals surface area (Å²) in [4.78, 5) is 11.1. The van der Waals surface area contributed by atoms with Gasteiger partial charge in [-0.2, -0.15) is 0 Å². The Morgan fingerprint density at radius 1 is 1.39 bits per heavy atom. The maximum Gasteiger partial charge on any atom is 0.330 e. The fourth-order valence-corrected chi connectivity index (χ4v) is 1.71. The summed E-state index contributed by atoms with van der Waals surface area (Å²) in [6, 6.07) is 6.38. The molecule has 0 heterocycles. The van der Waals surface area contributed by atoms with Gasteiger partial charge in [0.15, 0.2) is 0 Å². The molecule has 0 radical (unpaired) electrons. The topological polar surface area (TPSA) is 26.3 Å². The molecule has 0 aliphatic heterocycles. The van der Waals surface area contributed by atoms with Crippen molar-refractivity contribution in [2.45, 2.75) is 39.5 Å². The van der Waals surface area contributed by atoms with Crippen molar-refractivity contribution < 1.29 is 9.53 Å². The van der Waals surface area contributed by atoms with Crippen LogP contribution in [0.1, 0.15) is 43.9 Å². The summed E-state index contributed by atoms with van der Waals surface area (Å²) in [6.07, 6.45) is 4.35. The minimum Gasteiger partial charge on any atom is -0.466 e. The lowest BCUT2D eigenvalue weighted by atomic mass is 9.81. The molecule has 0 aliphatic carbocycles. The minimum absolute atomic E-state index is 0.190. The molecule has 1 aromatic carbocycles. The van der Waals surface area contributed by atoms with E-state index in [1.807, 2.05) is 0 Å². The molecule has 0 saturated heterocycles. The van der Waals surface area contributed by atoms with E-state index in [0.29, 0.717) is 0 Å². The van der Waals surface area contributed by atoms with Gasteiger partial charge >= 0.3 is 5.97 Å². The summed E-state index contributed by atoms with van der Waals surface area (Å²) in [5.41, 5.74) is 3.75. The second kappa shape index (κ2) is 5.85. The Hall–Kier alpha value is -1.57. The van der Waals surface area contributed by atoms with Crippen LogP contribution in [-0.4, -0.2) is 13.1 Å². The number of carbonyl (C=O) groups excluding carboxylic acids is 1. The number of carbonyl (C=O) groups is 1. The highest BCUT2D eigenvalue weighted by atomic mass is 16.5. The van der Waals surface area contributed by atoms with Crippen molar-refractivity contribution in [3.05, 3.63) is 41.0 Å². The summed E-state index contributed by atoms with van der Waals surface area (Å²) in [5.74, 6) is -0.327. The average molecular weight is 246 g/mol. The molecule has 0 saturated carbocycles. The van der Waals surface area contributed by atoms with Crippen LogP contribution in [0.15, 0.2) is 24.3 Å². The largest absolute Gasteiger partial charge is 0.466 e. The second-order valence-corrected chi connectivity index (χ2v) is 5.17. The van der Waals surface area contributed by atoms with E-state index in [4.69, 9.17) is 0 Å². The maximum atomic E-state index is 11.1. The van der Waals surface area contributed by atoms with E-state index in [2.05, 4.69) is 50.6 Å². The Bertz CT molecular complexity index is 456. The van der Waals surface area contributed by atoms with Gasteiger partial charge in [-0.25, -0.2) is 4.79 Å². The van der Waals surface area contributed by atoms with E-state index in [1.165, 1.54) is 24.3 Å². The van der Waals surface area contributed by atoms with Gasteiger partial charge in [0.2, 0.25) is 0 Å². The number of ether oxygens (including phenoxy) is 1. The van der Waals surface area contributed by atoms with Gasteiger partial charge in [-0.1, -0.05) is 39.0 Å². The quantitative estimate of drug-likeness (QED) is 0.595. The fourth-order valence-electron chi connectivity index (χ4n) is 1.71. The third-order valence-corrected chi connectivity index (χ3v) is 3.54. The molecule has 2 nitrogen and oxygen atoms in total. The molecular weight excluding hydrogens is 224 g/mol. The first-order valence-electron chi connectivity index (χ1n) is 6.28. The highest BCUT2D eigenvalue weighted by Crippen LogP contribution is 2.28. The van der Waals surface area contributed by atoms with E-state index in [1.54, 1.807) is 6.08 Å². The summed E-state index contributed by atoms with van der Waals surface area (Å²) in [6.45, 7) is 8.74. The van der Waals surface area contributed by atoms with Crippen molar-refractivity contribution in [2.75, 3.05) is 7.11 Å². The zero-order chi connectivity index (χ0) is 13.8. The van der Waals surface area contributed by atoms with Gasteiger partial charge in [0.1, 0.15) is 0 Å².